The summed E-state index contributed by atoms with van der Waals surface area (Å²) in [7, 11) is 0. The first-order valence-corrected chi connectivity index (χ1v) is 7.71. The molecule has 0 aliphatic carbocycles. The molecule has 1 aromatic heterocycles. The van der Waals surface area contributed by atoms with Crippen molar-refractivity contribution in [3.05, 3.63) is 41.6 Å². The second-order valence-corrected chi connectivity index (χ2v) is 5.30. The lowest BCUT2D eigenvalue weighted by molar-refractivity contribution is 0.733. The van der Waals surface area contributed by atoms with Crippen LogP contribution in [-0.2, 0) is 0 Å². The number of nitrogens with zero attached hydrogens (tertiary/aromatic N) is 3. The normalized spacial score (nSPS) is 10.4. The van der Waals surface area contributed by atoms with Crippen molar-refractivity contribution in [1.82, 2.24) is 9.97 Å². The van der Waals surface area contributed by atoms with Gasteiger partial charge >= 0.3 is 0 Å². The van der Waals surface area contributed by atoms with Crippen LogP contribution in [0.25, 0.3) is 0 Å². The van der Waals surface area contributed by atoms with Crippen molar-refractivity contribution in [2.75, 3.05) is 23.3 Å². The minimum atomic E-state index is 0.590. The third-order valence-electron chi connectivity index (χ3n) is 3.03. The maximum atomic E-state index is 5.99. The van der Waals surface area contributed by atoms with E-state index in [1.54, 1.807) is 6.20 Å². The molecule has 112 valence electrons. The van der Waals surface area contributed by atoms with E-state index in [4.69, 9.17) is 11.6 Å². The Morgan fingerprint density at radius 3 is 2.57 bits per heavy atom. The molecule has 0 fully saturated rings. The maximum absolute atomic E-state index is 5.99. The van der Waals surface area contributed by atoms with Gasteiger partial charge in [-0.3, -0.25) is 0 Å². The molecule has 0 saturated carbocycles. The van der Waals surface area contributed by atoms with Gasteiger partial charge in [0, 0.05) is 30.0 Å². The summed E-state index contributed by atoms with van der Waals surface area (Å²) in [4.78, 5) is 11.2. The van der Waals surface area contributed by atoms with E-state index in [9.17, 15) is 0 Å². The third kappa shape index (κ3) is 4.60. The quantitative estimate of drug-likeness (QED) is 0.817. The van der Waals surface area contributed by atoms with Crippen molar-refractivity contribution >= 4 is 29.1 Å². The van der Waals surface area contributed by atoms with Gasteiger partial charge in [-0.15, -0.1) is 0 Å². The van der Waals surface area contributed by atoms with Crippen LogP contribution in [-0.4, -0.2) is 23.1 Å². The van der Waals surface area contributed by atoms with Crippen LogP contribution in [0.15, 0.2) is 36.5 Å². The van der Waals surface area contributed by atoms with E-state index in [2.05, 4.69) is 34.0 Å². The maximum Gasteiger partial charge on any atom is 0.229 e. The van der Waals surface area contributed by atoms with Crippen LogP contribution in [0.4, 0.5) is 17.5 Å². The summed E-state index contributed by atoms with van der Waals surface area (Å²) in [5, 5.41) is 3.88. The Balaban J connectivity index is 2.16. The zero-order valence-electron chi connectivity index (χ0n) is 12.5. The molecular formula is C16H21ClN4. The molecule has 2 rings (SSSR count). The molecule has 0 spiro atoms. The smallest absolute Gasteiger partial charge is 0.229 e. The first-order chi connectivity index (χ1) is 10.2. The SMILES string of the molecule is CCCN(CCC)c1ccnc(Nc2cccc(Cl)c2)n1. The zero-order chi connectivity index (χ0) is 15.1. The Hall–Kier alpha value is -1.81. The summed E-state index contributed by atoms with van der Waals surface area (Å²) < 4.78 is 0. The Labute approximate surface area is 131 Å². The predicted octanol–water partition coefficient (Wildman–Crippen LogP) is 4.50. The number of hydrogen-bond donors (Lipinski definition) is 1. The molecule has 0 amide bonds. The van der Waals surface area contributed by atoms with E-state index in [1.165, 1.54) is 0 Å². The predicted molar refractivity (Wildman–Crippen MR) is 89.6 cm³/mol. The van der Waals surface area contributed by atoms with Gasteiger partial charge in [-0.1, -0.05) is 31.5 Å². The first-order valence-electron chi connectivity index (χ1n) is 7.33. The van der Waals surface area contributed by atoms with Gasteiger partial charge in [-0.05, 0) is 37.1 Å². The Kier molecular flexibility index (Phi) is 5.81. The van der Waals surface area contributed by atoms with E-state index in [-0.39, 0.29) is 0 Å². The number of aromatic nitrogens is 2. The highest BCUT2D eigenvalue weighted by atomic mass is 35.5. The summed E-state index contributed by atoms with van der Waals surface area (Å²) in [5.74, 6) is 1.55. The second kappa shape index (κ2) is 7.84. The average Bonchev–Trinajstić information content (AvgIpc) is 2.47. The lowest BCUT2D eigenvalue weighted by Gasteiger charge is -2.22. The minimum absolute atomic E-state index is 0.590. The van der Waals surface area contributed by atoms with Gasteiger partial charge in [-0.25, -0.2) is 4.98 Å². The fourth-order valence-corrected chi connectivity index (χ4v) is 2.35. The number of rotatable bonds is 7. The standard InChI is InChI=1S/C16H21ClN4/c1-3-10-21(11-4-2)15-8-9-18-16(20-15)19-14-7-5-6-13(17)12-14/h5-9,12H,3-4,10-11H2,1-2H3,(H,18,19,20). The molecule has 0 aliphatic heterocycles. The molecule has 1 aromatic carbocycles. The van der Waals surface area contributed by atoms with Crippen LogP contribution in [0.2, 0.25) is 5.02 Å². The van der Waals surface area contributed by atoms with E-state index < -0.39 is 0 Å². The summed E-state index contributed by atoms with van der Waals surface area (Å²) in [6.45, 7) is 6.35. The average molecular weight is 305 g/mol. The van der Waals surface area contributed by atoms with Gasteiger partial charge in [0.25, 0.3) is 0 Å². The van der Waals surface area contributed by atoms with Crippen molar-refractivity contribution in [2.24, 2.45) is 0 Å². The van der Waals surface area contributed by atoms with E-state index >= 15 is 0 Å². The fourth-order valence-electron chi connectivity index (χ4n) is 2.16. The lowest BCUT2D eigenvalue weighted by Crippen LogP contribution is -2.26. The molecule has 4 nitrogen and oxygen atoms in total. The van der Waals surface area contributed by atoms with Crippen LogP contribution >= 0.6 is 11.6 Å². The van der Waals surface area contributed by atoms with Crippen LogP contribution in [0.3, 0.4) is 0 Å². The summed E-state index contributed by atoms with van der Waals surface area (Å²) in [6.07, 6.45) is 3.98. The van der Waals surface area contributed by atoms with E-state index in [0.717, 1.165) is 37.4 Å². The summed E-state index contributed by atoms with van der Waals surface area (Å²) in [5.41, 5.74) is 0.886. The highest BCUT2D eigenvalue weighted by Crippen LogP contribution is 2.19. The number of halogens is 1. The Bertz CT molecular complexity index is 568. The Morgan fingerprint density at radius 1 is 1.14 bits per heavy atom. The molecule has 1 N–H and O–H groups in total. The van der Waals surface area contributed by atoms with Gasteiger partial charge in [-0.2, -0.15) is 4.98 Å². The first kappa shape index (κ1) is 15.6. The molecule has 1 heterocycles. The second-order valence-electron chi connectivity index (χ2n) is 4.86. The molecule has 0 aliphatic rings. The van der Waals surface area contributed by atoms with Crippen molar-refractivity contribution in [2.45, 2.75) is 26.7 Å². The zero-order valence-corrected chi connectivity index (χ0v) is 13.3. The highest BCUT2D eigenvalue weighted by Gasteiger charge is 2.07. The minimum Gasteiger partial charge on any atom is -0.356 e. The largest absolute Gasteiger partial charge is 0.356 e. The molecule has 0 saturated heterocycles. The molecule has 5 heteroatoms. The van der Waals surface area contributed by atoms with Gasteiger partial charge < -0.3 is 10.2 Å². The van der Waals surface area contributed by atoms with Crippen molar-refractivity contribution in [3.8, 4) is 0 Å². The Morgan fingerprint density at radius 2 is 1.90 bits per heavy atom. The van der Waals surface area contributed by atoms with Crippen molar-refractivity contribution < 1.29 is 0 Å². The summed E-state index contributed by atoms with van der Waals surface area (Å²) in [6, 6.07) is 9.49. The molecular weight excluding hydrogens is 284 g/mol. The van der Waals surface area contributed by atoms with Crippen molar-refractivity contribution in [1.29, 1.82) is 0 Å². The monoisotopic (exact) mass is 304 g/mol. The fraction of sp³-hybridized carbons (Fsp3) is 0.375. The van der Waals surface area contributed by atoms with Gasteiger partial charge in [0.1, 0.15) is 5.82 Å². The van der Waals surface area contributed by atoms with Gasteiger partial charge in [0.05, 0.1) is 0 Å². The molecule has 0 unspecified atom stereocenters. The molecule has 0 bridgehead atoms. The number of benzene rings is 1. The lowest BCUT2D eigenvalue weighted by atomic mass is 10.3. The van der Waals surface area contributed by atoms with Gasteiger partial charge in [0.2, 0.25) is 5.95 Å². The molecule has 0 atom stereocenters. The highest BCUT2D eigenvalue weighted by molar-refractivity contribution is 6.30. The molecule has 21 heavy (non-hydrogen) atoms. The van der Waals surface area contributed by atoms with Crippen LogP contribution < -0.4 is 10.2 Å². The van der Waals surface area contributed by atoms with Crippen molar-refractivity contribution in [3.63, 3.8) is 0 Å². The van der Waals surface area contributed by atoms with E-state index in [1.807, 2.05) is 30.3 Å². The number of anilines is 3. The number of nitrogens with one attached hydrogen (secondary N) is 1. The van der Waals surface area contributed by atoms with Crippen LogP contribution in [0, 0.1) is 0 Å². The molecule has 0 radical (unpaired) electrons. The summed E-state index contributed by atoms with van der Waals surface area (Å²) >= 11 is 5.99. The van der Waals surface area contributed by atoms with Crippen LogP contribution in [0.5, 0.6) is 0 Å². The topological polar surface area (TPSA) is 41.1 Å². The van der Waals surface area contributed by atoms with Crippen LogP contribution in [0.1, 0.15) is 26.7 Å². The van der Waals surface area contributed by atoms with Gasteiger partial charge in [0.15, 0.2) is 0 Å². The molecule has 2 aromatic rings. The van der Waals surface area contributed by atoms with E-state index in [0.29, 0.717) is 11.0 Å². The number of hydrogen-bond acceptors (Lipinski definition) is 4. The third-order valence-corrected chi connectivity index (χ3v) is 3.27.